The predicted molar refractivity (Wildman–Crippen MR) is 114 cm³/mol. The van der Waals surface area contributed by atoms with E-state index in [1.54, 1.807) is 12.0 Å². The van der Waals surface area contributed by atoms with Crippen LogP contribution in [0.15, 0.2) is 60.7 Å². The molecular formula is C24H24N2O2. The fourth-order valence-corrected chi connectivity index (χ4v) is 3.87. The van der Waals surface area contributed by atoms with Crippen LogP contribution in [-0.4, -0.2) is 24.2 Å². The molecule has 0 saturated heterocycles. The molecule has 1 aromatic heterocycles. The Morgan fingerprint density at radius 3 is 2.46 bits per heavy atom. The molecule has 0 fully saturated rings. The molecule has 0 spiro atoms. The number of fused-ring (bicyclic) bond motifs is 1. The molecule has 4 nitrogen and oxygen atoms in total. The van der Waals surface area contributed by atoms with Crippen LogP contribution in [0, 0.1) is 13.8 Å². The van der Waals surface area contributed by atoms with Gasteiger partial charge >= 0.3 is 0 Å². The van der Waals surface area contributed by atoms with Crippen LogP contribution in [0.1, 0.15) is 22.5 Å². The number of para-hydroxylation sites is 2. The number of amides is 1. The Morgan fingerprint density at radius 1 is 1.00 bits per heavy atom. The lowest BCUT2D eigenvalue weighted by Crippen LogP contribution is -2.20. The molecule has 28 heavy (non-hydrogen) atoms. The molecule has 2 heterocycles. The van der Waals surface area contributed by atoms with Gasteiger partial charge in [0.1, 0.15) is 0 Å². The van der Waals surface area contributed by atoms with Gasteiger partial charge in [0.15, 0.2) is 0 Å². The standard InChI is InChI=1S/C24H24N2O2/c1-17-15-19(18(2)25(17)13-14-28-3)16-22-21-11-7-8-12-23(21)26(24(22)27)20-9-5-4-6-10-20/h4-12,15-16H,13-14H2,1-3H3. The second kappa shape index (κ2) is 7.49. The first-order valence-corrected chi connectivity index (χ1v) is 9.48. The number of hydrogen-bond donors (Lipinski definition) is 0. The third-order valence-electron chi connectivity index (χ3n) is 5.31. The number of aryl methyl sites for hydroxylation is 1. The number of anilines is 2. The molecule has 0 aliphatic carbocycles. The Balaban J connectivity index is 1.80. The number of ether oxygens (including phenoxy) is 1. The zero-order chi connectivity index (χ0) is 19.7. The van der Waals surface area contributed by atoms with Crippen LogP contribution in [0.3, 0.4) is 0 Å². The van der Waals surface area contributed by atoms with Crippen molar-refractivity contribution in [1.82, 2.24) is 4.57 Å². The van der Waals surface area contributed by atoms with Crippen molar-refractivity contribution in [2.75, 3.05) is 18.6 Å². The summed E-state index contributed by atoms with van der Waals surface area (Å²) in [6, 6.07) is 19.9. The third-order valence-corrected chi connectivity index (χ3v) is 5.31. The number of benzene rings is 2. The van der Waals surface area contributed by atoms with Crippen LogP contribution in [-0.2, 0) is 16.1 Å². The van der Waals surface area contributed by atoms with Crippen molar-refractivity contribution in [1.29, 1.82) is 0 Å². The van der Waals surface area contributed by atoms with Crippen molar-refractivity contribution in [3.05, 3.63) is 83.2 Å². The van der Waals surface area contributed by atoms with Crippen LogP contribution in [0.2, 0.25) is 0 Å². The second-order valence-electron chi connectivity index (χ2n) is 7.02. The van der Waals surface area contributed by atoms with Gasteiger partial charge in [-0.25, -0.2) is 0 Å². The normalized spacial score (nSPS) is 14.8. The van der Waals surface area contributed by atoms with E-state index in [0.717, 1.165) is 40.3 Å². The number of methoxy groups -OCH3 is 1. The van der Waals surface area contributed by atoms with Crippen LogP contribution < -0.4 is 4.90 Å². The molecule has 1 aliphatic heterocycles. The van der Waals surface area contributed by atoms with Crippen LogP contribution in [0.5, 0.6) is 0 Å². The highest BCUT2D eigenvalue weighted by Crippen LogP contribution is 2.42. The summed E-state index contributed by atoms with van der Waals surface area (Å²) in [6.07, 6.45) is 2.02. The van der Waals surface area contributed by atoms with E-state index in [-0.39, 0.29) is 5.91 Å². The van der Waals surface area contributed by atoms with Crippen molar-refractivity contribution < 1.29 is 9.53 Å². The van der Waals surface area contributed by atoms with Gasteiger partial charge in [-0.2, -0.15) is 0 Å². The fourth-order valence-electron chi connectivity index (χ4n) is 3.87. The molecule has 4 rings (SSSR count). The Labute approximate surface area is 165 Å². The van der Waals surface area contributed by atoms with E-state index < -0.39 is 0 Å². The lowest BCUT2D eigenvalue weighted by molar-refractivity contribution is -0.112. The van der Waals surface area contributed by atoms with E-state index in [2.05, 4.69) is 24.5 Å². The third kappa shape index (κ3) is 3.06. The molecule has 2 aromatic carbocycles. The highest BCUT2D eigenvalue weighted by Gasteiger charge is 2.33. The van der Waals surface area contributed by atoms with Crippen molar-refractivity contribution in [2.45, 2.75) is 20.4 Å². The van der Waals surface area contributed by atoms with Crippen molar-refractivity contribution >= 4 is 28.9 Å². The van der Waals surface area contributed by atoms with Crippen molar-refractivity contribution in [3.63, 3.8) is 0 Å². The van der Waals surface area contributed by atoms with Gasteiger partial charge in [-0.1, -0.05) is 36.4 Å². The molecule has 1 aliphatic rings. The van der Waals surface area contributed by atoms with Gasteiger partial charge in [0.05, 0.1) is 17.9 Å². The number of rotatable bonds is 5. The Hall–Kier alpha value is -3.11. The van der Waals surface area contributed by atoms with E-state index in [1.165, 1.54) is 5.69 Å². The van der Waals surface area contributed by atoms with Crippen LogP contribution >= 0.6 is 0 Å². The summed E-state index contributed by atoms with van der Waals surface area (Å²) < 4.78 is 7.46. The smallest absolute Gasteiger partial charge is 0.263 e. The van der Waals surface area contributed by atoms with Gasteiger partial charge in [-0.3, -0.25) is 9.69 Å². The zero-order valence-electron chi connectivity index (χ0n) is 16.5. The molecular weight excluding hydrogens is 348 g/mol. The van der Waals surface area contributed by atoms with Gasteiger partial charge in [0.2, 0.25) is 0 Å². The highest BCUT2D eigenvalue weighted by molar-refractivity contribution is 6.38. The molecule has 4 heteroatoms. The largest absolute Gasteiger partial charge is 0.383 e. The number of aromatic nitrogens is 1. The summed E-state index contributed by atoms with van der Waals surface area (Å²) in [4.78, 5) is 15.2. The number of hydrogen-bond acceptors (Lipinski definition) is 2. The van der Waals surface area contributed by atoms with Gasteiger partial charge < -0.3 is 9.30 Å². The molecule has 0 atom stereocenters. The summed E-state index contributed by atoms with van der Waals surface area (Å²) in [6.45, 7) is 5.65. The van der Waals surface area contributed by atoms with Crippen molar-refractivity contribution in [2.24, 2.45) is 0 Å². The Bertz CT molecular complexity index is 1050. The van der Waals surface area contributed by atoms with E-state index in [4.69, 9.17) is 4.74 Å². The molecule has 0 radical (unpaired) electrons. The zero-order valence-corrected chi connectivity index (χ0v) is 16.5. The Kier molecular flexibility index (Phi) is 4.88. The average Bonchev–Trinajstić information content (AvgIpc) is 3.14. The molecule has 0 unspecified atom stereocenters. The maximum atomic E-state index is 13.4. The second-order valence-corrected chi connectivity index (χ2v) is 7.02. The molecule has 0 N–H and O–H groups in total. The molecule has 3 aromatic rings. The van der Waals surface area contributed by atoms with Crippen LogP contribution in [0.25, 0.3) is 11.6 Å². The minimum Gasteiger partial charge on any atom is -0.383 e. The molecule has 0 bridgehead atoms. The molecule has 1 amide bonds. The number of carbonyl (C=O) groups is 1. The first-order valence-electron chi connectivity index (χ1n) is 9.48. The maximum absolute atomic E-state index is 13.4. The summed E-state index contributed by atoms with van der Waals surface area (Å²) >= 11 is 0. The summed E-state index contributed by atoms with van der Waals surface area (Å²) in [5.74, 6) is 0.00842. The predicted octanol–water partition coefficient (Wildman–Crippen LogP) is 4.97. The quantitative estimate of drug-likeness (QED) is 0.593. The van der Waals surface area contributed by atoms with E-state index in [9.17, 15) is 4.79 Å². The summed E-state index contributed by atoms with van der Waals surface area (Å²) in [5.41, 5.74) is 6.89. The minimum atomic E-state index is 0.00842. The van der Waals surface area contributed by atoms with Crippen molar-refractivity contribution in [3.8, 4) is 0 Å². The summed E-state index contributed by atoms with van der Waals surface area (Å²) in [7, 11) is 1.71. The fraction of sp³-hybridized carbons (Fsp3) is 0.208. The highest BCUT2D eigenvalue weighted by atomic mass is 16.5. The van der Waals surface area contributed by atoms with E-state index in [1.807, 2.05) is 60.7 Å². The van der Waals surface area contributed by atoms with Gasteiger partial charge in [-0.05, 0) is 49.8 Å². The monoisotopic (exact) mass is 372 g/mol. The van der Waals surface area contributed by atoms with Crippen LogP contribution in [0.4, 0.5) is 11.4 Å². The molecule has 0 saturated carbocycles. The summed E-state index contributed by atoms with van der Waals surface area (Å²) in [5, 5.41) is 0. The average molecular weight is 372 g/mol. The maximum Gasteiger partial charge on any atom is 0.263 e. The van der Waals surface area contributed by atoms with Gasteiger partial charge in [0.25, 0.3) is 5.91 Å². The minimum absolute atomic E-state index is 0.00842. The number of carbonyl (C=O) groups excluding carboxylic acids is 1. The first-order chi connectivity index (χ1) is 13.6. The lowest BCUT2D eigenvalue weighted by Gasteiger charge is -2.16. The molecule has 142 valence electrons. The van der Waals surface area contributed by atoms with Gasteiger partial charge in [-0.15, -0.1) is 0 Å². The van der Waals surface area contributed by atoms with E-state index >= 15 is 0 Å². The van der Waals surface area contributed by atoms with Gasteiger partial charge in [0, 0.05) is 36.3 Å². The SMILES string of the molecule is COCCn1c(C)cc(C=C2C(=O)N(c3ccccc3)c3ccccc32)c1C. The topological polar surface area (TPSA) is 34.5 Å². The first kappa shape index (κ1) is 18.3. The number of nitrogens with zero attached hydrogens (tertiary/aromatic N) is 2. The Morgan fingerprint density at radius 2 is 1.71 bits per heavy atom. The van der Waals surface area contributed by atoms with E-state index in [0.29, 0.717) is 6.61 Å². The lowest BCUT2D eigenvalue weighted by atomic mass is 10.0.